The molecule has 1 rings (SSSR count). The van der Waals surface area contributed by atoms with Gasteiger partial charge in [0.2, 0.25) is 0 Å². The van der Waals surface area contributed by atoms with Crippen molar-refractivity contribution in [3.63, 3.8) is 0 Å². The lowest BCUT2D eigenvalue weighted by Crippen LogP contribution is -2.40. The van der Waals surface area contributed by atoms with Crippen LogP contribution in [0, 0.1) is 0 Å². The van der Waals surface area contributed by atoms with Crippen LogP contribution in [0.15, 0.2) is 0 Å². The van der Waals surface area contributed by atoms with E-state index < -0.39 is 0 Å². The molecule has 0 bridgehead atoms. The summed E-state index contributed by atoms with van der Waals surface area (Å²) < 4.78 is 0. The topological polar surface area (TPSA) is 32.3 Å². The van der Waals surface area contributed by atoms with E-state index >= 15 is 0 Å². The highest BCUT2D eigenvalue weighted by Crippen LogP contribution is 2.17. The maximum atomic E-state index is 9.21. The smallest absolute Gasteiger partial charge is 0.0526 e. The van der Waals surface area contributed by atoms with Gasteiger partial charge in [0.05, 0.1) is 6.10 Å². The molecule has 13 heavy (non-hydrogen) atoms. The van der Waals surface area contributed by atoms with Crippen LogP contribution in [0.3, 0.4) is 0 Å². The summed E-state index contributed by atoms with van der Waals surface area (Å²) in [7, 11) is 0. The molecule has 0 aromatic heterocycles. The summed E-state index contributed by atoms with van der Waals surface area (Å²) in [5.41, 5.74) is 0. The molecular weight excluding hydrogens is 182 g/mol. The average Bonchev–Trinajstić information content (AvgIpc) is 2.04. The van der Waals surface area contributed by atoms with Gasteiger partial charge in [-0.05, 0) is 44.6 Å². The Morgan fingerprint density at radius 3 is 2.54 bits per heavy atom. The quantitative estimate of drug-likeness (QED) is 0.728. The van der Waals surface area contributed by atoms with Gasteiger partial charge in [-0.1, -0.05) is 0 Å². The number of hydrogen-bond donors (Lipinski definition) is 2. The molecule has 2 nitrogen and oxygen atoms in total. The molecule has 0 aliphatic carbocycles. The molecule has 1 aliphatic heterocycles. The van der Waals surface area contributed by atoms with Gasteiger partial charge in [0, 0.05) is 12.1 Å². The van der Waals surface area contributed by atoms with Crippen molar-refractivity contribution in [3.05, 3.63) is 0 Å². The van der Waals surface area contributed by atoms with Crippen LogP contribution in [-0.2, 0) is 0 Å². The molecule has 2 unspecified atom stereocenters. The summed E-state index contributed by atoms with van der Waals surface area (Å²) in [6, 6.07) is 1.14. The van der Waals surface area contributed by atoms with Crippen molar-refractivity contribution >= 4 is 11.8 Å². The lowest BCUT2D eigenvalue weighted by molar-refractivity contribution is 0.167. The molecule has 0 saturated carbocycles. The highest BCUT2D eigenvalue weighted by molar-refractivity contribution is 7.99. The van der Waals surface area contributed by atoms with Gasteiger partial charge in [-0.15, -0.1) is 0 Å². The first kappa shape index (κ1) is 11.3. The van der Waals surface area contributed by atoms with E-state index in [0.717, 1.165) is 6.42 Å². The van der Waals surface area contributed by atoms with Gasteiger partial charge in [0.25, 0.3) is 0 Å². The standard InChI is InChI=1S/C10H21NOS/c1-8(7-9(2)12)11-10-3-5-13-6-4-10/h8-12H,3-7H2,1-2H3. The molecule has 0 aromatic carbocycles. The van der Waals surface area contributed by atoms with Gasteiger partial charge in [-0.25, -0.2) is 0 Å². The fourth-order valence-electron chi connectivity index (χ4n) is 1.85. The molecule has 2 atom stereocenters. The molecule has 2 N–H and O–H groups in total. The van der Waals surface area contributed by atoms with E-state index in [1.807, 2.05) is 6.92 Å². The maximum Gasteiger partial charge on any atom is 0.0526 e. The third-order valence-corrected chi connectivity index (χ3v) is 3.48. The van der Waals surface area contributed by atoms with E-state index in [4.69, 9.17) is 0 Å². The maximum absolute atomic E-state index is 9.21. The Balaban J connectivity index is 2.14. The van der Waals surface area contributed by atoms with E-state index in [1.165, 1.54) is 24.3 Å². The second-order valence-electron chi connectivity index (χ2n) is 4.04. The van der Waals surface area contributed by atoms with E-state index in [-0.39, 0.29) is 6.10 Å². The zero-order valence-corrected chi connectivity index (χ0v) is 9.44. The second kappa shape index (κ2) is 5.89. The first-order chi connectivity index (χ1) is 6.18. The first-order valence-corrected chi connectivity index (χ1v) is 6.36. The van der Waals surface area contributed by atoms with Crippen LogP contribution in [-0.4, -0.2) is 34.8 Å². The van der Waals surface area contributed by atoms with Gasteiger partial charge in [-0.3, -0.25) is 0 Å². The van der Waals surface area contributed by atoms with Crippen LogP contribution < -0.4 is 5.32 Å². The Morgan fingerprint density at radius 1 is 1.38 bits per heavy atom. The van der Waals surface area contributed by atoms with Crippen LogP contribution in [0.1, 0.15) is 33.1 Å². The monoisotopic (exact) mass is 203 g/mol. The van der Waals surface area contributed by atoms with Gasteiger partial charge < -0.3 is 10.4 Å². The summed E-state index contributed by atoms with van der Waals surface area (Å²) in [6.45, 7) is 4.02. The Bertz CT molecular complexity index is 135. The summed E-state index contributed by atoms with van der Waals surface area (Å²) in [6.07, 6.45) is 3.26. The molecule has 0 radical (unpaired) electrons. The number of hydrogen-bond acceptors (Lipinski definition) is 3. The Hall–Kier alpha value is 0.270. The molecule has 78 valence electrons. The number of aliphatic hydroxyl groups excluding tert-OH is 1. The van der Waals surface area contributed by atoms with Gasteiger partial charge in [-0.2, -0.15) is 11.8 Å². The number of nitrogens with one attached hydrogen (secondary N) is 1. The van der Waals surface area contributed by atoms with E-state index in [0.29, 0.717) is 12.1 Å². The first-order valence-electron chi connectivity index (χ1n) is 5.20. The minimum Gasteiger partial charge on any atom is -0.393 e. The zero-order chi connectivity index (χ0) is 9.68. The van der Waals surface area contributed by atoms with E-state index in [2.05, 4.69) is 24.0 Å². The zero-order valence-electron chi connectivity index (χ0n) is 8.62. The lowest BCUT2D eigenvalue weighted by atomic mass is 10.1. The van der Waals surface area contributed by atoms with Crippen molar-refractivity contribution in [2.75, 3.05) is 11.5 Å². The van der Waals surface area contributed by atoms with Crippen molar-refractivity contribution in [2.45, 2.75) is 51.3 Å². The normalized spacial score (nSPS) is 24.2. The van der Waals surface area contributed by atoms with Crippen LogP contribution in [0.5, 0.6) is 0 Å². The van der Waals surface area contributed by atoms with Crippen molar-refractivity contribution < 1.29 is 5.11 Å². The van der Waals surface area contributed by atoms with Gasteiger partial charge in [0.15, 0.2) is 0 Å². The van der Waals surface area contributed by atoms with Gasteiger partial charge >= 0.3 is 0 Å². The van der Waals surface area contributed by atoms with E-state index in [1.54, 1.807) is 0 Å². The van der Waals surface area contributed by atoms with Crippen molar-refractivity contribution in [2.24, 2.45) is 0 Å². The summed E-state index contributed by atoms with van der Waals surface area (Å²) in [5.74, 6) is 2.58. The van der Waals surface area contributed by atoms with E-state index in [9.17, 15) is 5.11 Å². The molecular formula is C10H21NOS. The minimum absolute atomic E-state index is 0.180. The van der Waals surface area contributed by atoms with Crippen LogP contribution in [0.4, 0.5) is 0 Å². The molecule has 0 amide bonds. The van der Waals surface area contributed by atoms with Crippen molar-refractivity contribution in [1.82, 2.24) is 5.32 Å². The SMILES string of the molecule is CC(O)CC(C)NC1CCSCC1. The number of thioether (sulfide) groups is 1. The van der Waals surface area contributed by atoms with Crippen LogP contribution >= 0.6 is 11.8 Å². The predicted molar refractivity (Wildman–Crippen MR) is 59.2 cm³/mol. The molecule has 0 spiro atoms. The third-order valence-electron chi connectivity index (χ3n) is 2.44. The molecule has 3 heteroatoms. The lowest BCUT2D eigenvalue weighted by Gasteiger charge is -2.26. The third kappa shape index (κ3) is 4.89. The molecule has 1 aliphatic rings. The fraction of sp³-hybridized carbons (Fsp3) is 1.00. The molecule has 0 aromatic rings. The molecule has 1 heterocycles. The second-order valence-corrected chi connectivity index (χ2v) is 5.26. The average molecular weight is 203 g/mol. The Morgan fingerprint density at radius 2 is 2.00 bits per heavy atom. The van der Waals surface area contributed by atoms with Crippen molar-refractivity contribution in [3.8, 4) is 0 Å². The van der Waals surface area contributed by atoms with Crippen LogP contribution in [0.25, 0.3) is 0 Å². The summed E-state index contributed by atoms with van der Waals surface area (Å²) in [5, 5.41) is 12.8. The Kier molecular flexibility index (Phi) is 5.14. The summed E-state index contributed by atoms with van der Waals surface area (Å²) >= 11 is 2.05. The highest BCUT2D eigenvalue weighted by atomic mass is 32.2. The van der Waals surface area contributed by atoms with Crippen molar-refractivity contribution in [1.29, 1.82) is 0 Å². The number of rotatable bonds is 4. The number of aliphatic hydroxyl groups is 1. The highest BCUT2D eigenvalue weighted by Gasteiger charge is 2.16. The largest absolute Gasteiger partial charge is 0.393 e. The Labute approximate surface area is 85.5 Å². The molecule has 1 saturated heterocycles. The molecule has 1 fully saturated rings. The minimum atomic E-state index is -0.180. The van der Waals surface area contributed by atoms with Crippen LogP contribution in [0.2, 0.25) is 0 Å². The predicted octanol–water partition coefficient (Wildman–Crippen LogP) is 1.63. The fourth-order valence-corrected chi connectivity index (χ4v) is 2.95. The summed E-state index contributed by atoms with van der Waals surface area (Å²) in [4.78, 5) is 0. The van der Waals surface area contributed by atoms with Gasteiger partial charge in [0.1, 0.15) is 0 Å².